The highest BCUT2D eigenvalue weighted by molar-refractivity contribution is 6.31. The first-order chi connectivity index (χ1) is 11.2. The Morgan fingerprint density at radius 2 is 1.96 bits per heavy atom. The molecule has 120 valence electrons. The molecule has 0 bridgehead atoms. The van der Waals surface area contributed by atoms with Crippen LogP contribution in [0, 0.1) is 0 Å². The third kappa shape index (κ3) is 4.20. The van der Waals surface area contributed by atoms with Crippen molar-refractivity contribution in [1.29, 1.82) is 0 Å². The monoisotopic (exact) mass is 330 g/mol. The first-order valence-electron chi connectivity index (χ1n) is 7.82. The highest BCUT2D eigenvalue weighted by Crippen LogP contribution is 2.21. The lowest BCUT2D eigenvalue weighted by atomic mass is 10.2. The number of carbonyl (C=O) groups is 1. The summed E-state index contributed by atoms with van der Waals surface area (Å²) in [5, 5.41) is 6.79. The standard InChI is InChI=1S/C17H19ClN4O/c18-14-8-4-1-5-12(14)9-21-17(23)15-10-20-16(11-19-15)22-13-6-2-3-7-13/h1,4-5,8,10-11,13H,2-3,6-7,9H2,(H,20,22)(H,21,23). The van der Waals surface area contributed by atoms with Crippen molar-refractivity contribution >= 4 is 23.3 Å². The van der Waals surface area contributed by atoms with E-state index in [1.807, 2.05) is 18.2 Å². The van der Waals surface area contributed by atoms with Gasteiger partial charge in [0.2, 0.25) is 0 Å². The van der Waals surface area contributed by atoms with Crippen LogP contribution in [0.15, 0.2) is 36.7 Å². The molecule has 0 saturated heterocycles. The van der Waals surface area contributed by atoms with Crippen LogP contribution in [0.5, 0.6) is 0 Å². The number of carbonyl (C=O) groups excluding carboxylic acids is 1. The fourth-order valence-electron chi connectivity index (χ4n) is 2.71. The van der Waals surface area contributed by atoms with Crippen molar-refractivity contribution in [3.05, 3.63) is 52.9 Å². The molecule has 2 aromatic rings. The quantitative estimate of drug-likeness (QED) is 0.881. The fourth-order valence-corrected chi connectivity index (χ4v) is 2.91. The van der Waals surface area contributed by atoms with E-state index in [1.54, 1.807) is 12.3 Å². The number of amides is 1. The summed E-state index contributed by atoms with van der Waals surface area (Å²) in [7, 11) is 0. The second-order valence-electron chi connectivity index (χ2n) is 5.69. The minimum atomic E-state index is -0.259. The number of nitrogens with one attached hydrogen (secondary N) is 2. The molecule has 1 saturated carbocycles. The smallest absolute Gasteiger partial charge is 0.271 e. The third-order valence-electron chi connectivity index (χ3n) is 3.99. The van der Waals surface area contributed by atoms with Crippen molar-refractivity contribution in [3.63, 3.8) is 0 Å². The number of halogens is 1. The number of nitrogens with zero attached hydrogens (tertiary/aromatic N) is 2. The van der Waals surface area contributed by atoms with Crippen molar-refractivity contribution in [2.45, 2.75) is 38.3 Å². The molecule has 1 aromatic carbocycles. The third-order valence-corrected chi connectivity index (χ3v) is 4.36. The molecular weight excluding hydrogens is 312 g/mol. The van der Waals surface area contributed by atoms with Crippen LogP contribution in [0.25, 0.3) is 0 Å². The Hall–Kier alpha value is -2.14. The zero-order valence-electron chi connectivity index (χ0n) is 12.8. The van der Waals surface area contributed by atoms with Crippen LogP contribution in [-0.4, -0.2) is 21.9 Å². The molecule has 0 radical (unpaired) electrons. The van der Waals surface area contributed by atoms with Crippen molar-refractivity contribution in [1.82, 2.24) is 15.3 Å². The molecular formula is C17H19ClN4O. The average molecular weight is 331 g/mol. The molecule has 0 atom stereocenters. The van der Waals surface area contributed by atoms with Gasteiger partial charge >= 0.3 is 0 Å². The summed E-state index contributed by atoms with van der Waals surface area (Å²) in [6.45, 7) is 0.363. The Labute approximate surface area is 140 Å². The largest absolute Gasteiger partial charge is 0.366 e. The van der Waals surface area contributed by atoms with Crippen LogP contribution in [0.2, 0.25) is 5.02 Å². The van der Waals surface area contributed by atoms with Crippen molar-refractivity contribution in [2.75, 3.05) is 5.32 Å². The Kier molecular flexibility index (Phi) is 5.08. The lowest BCUT2D eigenvalue weighted by Crippen LogP contribution is -2.24. The predicted octanol–water partition coefficient (Wildman–Crippen LogP) is 3.41. The molecule has 6 heteroatoms. The van der Waals surface area contributed by atoms with Gasteiger partial charge in [0.15, 0.2) is 0 Å². The lowest BCUT2D eigenvalue weighted by molar-refractivity contribution is 0.0945. The van der Waals surface area contributed by atoms with E-state index < -0.39 is 0 Å². The number of anilines is 1. The van der Waals surface area contributed by atoms with E-state index in [2.05, 4.69) is 20.6 Å². The van der Waals surface area contributed by atoms with Crippen LogP contribution in [-0.2, 0) is 6.54 Å². The van der Waals surface area contributed by atoms with E-state index >= 15 is 0 Å². The van der Waals surface area contributed by atoms with Gasteiger partial charge in [-0.2, -0.15) is 0 Å². The predicted molar refractivity (Wildman–Crippen MR) is 90.5 cm³/mol. The normalized spacial score (nSPS) is 14.7. The van der Waals surface area contributed by atoms with Gasteiger partial charge in [0.25, 0.3) is 5.91 Å². The highest BCUT2D eigenvalue weighted by atomic mass is 35.5. The second-order valence-corrected chi connectivity index (χ2v) is 6.09. The summed E-state index contributed by atoms with van der Waals surface area (Å²) in [5.74, 6) is 0.462. The van der Waals surface area contributed by atoms with Gasteiger partial charge in [0, 0.05) is 17.6 Å². The van der Waals surface area contributed by atoms with Gasteiger partial charge in [0.1, 0.15) is 11.5 Å². The van der Waals surface area contributed by atoms with Crippen LogP contribution in [0.1, 0.15) is 41.7 Å². The topological polar surface area (TPSA) is 66.9 Å². The van der Waals surface area contributed by atoms with Gasteiger partial charge in [-0.05, 0) is 24.5 Å². The average Bonchev–Trinajstić information content (AvgIpc) is 3.07. The first-order valence-corrected chi connectivity index (χ1v) is 8.20. The summed E-state index contributed by atoms with van der Waals surface area (Å²) in [4.78, 5) is 20.6. The van der Waals surface area contributed by atoms with Crippen LogP contribution in [0.4, 0.5) is 5.82 Å². The van der Waals surface area contributed by atoms with E-state index in [0.29, 0.717) is 23.3 Å². The van der Waals surface area contributed by atoms with E-state index in [4.69, 9.17) is 11.6 Å². The molecule has 5 nitrogen and oxygen atoms in total. The number of hydrogen-bond acceptors (Lipinski definition) is 4. The molecule has 1 aliphatic carbocycles. The minimum absolute atomic E-state index is 0.259. The van der Waals surface area contributed by atoms with E-state index in [9.17, 15) is 4.79 Å². The molecule has 0 unspecified atom stereocenters. The molecule has 1 amide bonds. The Morgan fingerprint density at radius 1 is 1.17 bits per heavy atom. The molecule has 1 heterocycles. The van der Waals surface area contributed by atoms with Crippen molar-refractivity contribution in [2.24, 2.45) is 0 Å². The summed E-state index contributed by atoms with van der Waals surface area (Å²) >= 11 is 6.07. The van der Waals surface area contributed by atoms with E-state index in [1.165, 1.54) is 31.9 Å². The molecule has 0 spiro atoms. The Bertz CT molecular complexity index is 669. The molecule has 2 N–H and O–H groups in total. The number of hydrogen-bond donors (Lipinski definition) is 2. The summed E-state index contributed by atoms with van der Waals surface area (Å²) in [6.07, 6.45) is 7.96. The maximum absolute atomic E-state index is 12.1. The lowest BCUT2D eigenvalue weighted by Gasteiger charge is -2.12. The molecule has 1 aromatic heterocycles. The SMILES string of the molecule is O=C(NCc1ccccc1Cl)c1cnc(NC2CCCC2)cn1. The van der Waals surface area contributed by atoms with E-state index in [0.717, 1.165) is 11.4 Å². The first kappa shape index (κ1) is 15.7. The zero-order valence-corrected chi connectivity index (χ0v) is 13.5. The minimum Gasteiger partial charge on any atom is -0.366 e. The highest BCUT2D eigenvalue weighted by Gasteiger charge is 2.15. The molecule has 23 heavy (non-hydrogen) atoms. The van der Waals surface area contributed by atoms with Crippen molar-refractivity contribution in [3.8, 4) is 0 Å². The maximum atomic E-state index is 12.1. The van der Waals surface area contributed by atoms with Crippen LogP contribution < -0.4 is 10.6 Å². The van der Waals surface area contributed by atoms with Gasteiger partial charge in [-0.3, -0.25) is 4.79 Å². The number of aromatic nitrogens is 2. The van der Waals surface area contributed by atoms with Crippen LogP contribution in [0.3, 0.4) is 0 Å². The van der Waals surface area contributed by atoms with Gasteiger partial charge in [-0.1, -0.05) is 42.6 Å². The molecule has 3 rings (SSSR count). The second kappa shape index (κ2) is 7.42. The van der Waals surface area contributed by atoms with E-state index in [-0.39, 0.29) is 5.91 Å². The van der Waals surface area contributed by atoms with Gasteiger partial charge in [-0.15, -0.1) is 0 Å². The summed E-state index contributed by atoms with van der Waals surface area (Å²) in [5.41, 5.74) is 1.17. The van der Waals surface area contributed by atoms with Gasteiger partial charge in [0.05, 0.1) is 12.4 Å². The Morgan fingerprint density at radius 3 is 2.65 bits per heavy atom. The zero-order chi connectivity index (χ0) is 16.1. The van der Waals surface area contributed by atoms with Crippen molar-refractivity contribution < 1.29 is 4.79 Å². The summed E-state index contributed by atoms with van der Waals surface area (Å²) < 4.78 is 0. The summed E-state index contributed by atoms with van der Waals surface area (Å²) in [6, 6.07) is 7.89. The maximum Gasteiger partial charge on any atom is 0.271 e. The molecule has 1 fully saturated rings. The molecule has 0 aliphatic heterocycles. The molecule has 1 aliphatic rings. The number of rotatable bonds is 5. The van der Waals surface area contributed by atoms with Crippen LogP contribution >= 0.6 is 11.6 Å². The Balaban J connectivity index is 1.56. The van der Waals surface area contributed by atoms with Gasteiger partial charge in [-0.25, -0.2) is 9.97 Å². The fraction of sp³-hybridized carbons (Fsp3) is 0.353. The van der Waals surface area contributed by atoms with Gasteiger partial charge < -0.3 is 10.6 Å². The number of benzene rings is 1.